The SMILES string of the molecule is C=C(OC(=O)c1ccccc1)C(O)Cc1ccccc1. The highest BCUT2D eigenvalue weighted by Crippen LogP contribution is 2.12. The van der Waals surface area contributed by atoms with Crippen LogP contribution in [0.3, 0.4) is 0 Å². The summed E-state index contributed by atoms with van der Waals surface area (Å²) in [5, 5.41) is 9.99. The molecule has 2 aromatic carbocycles. The molecule has 0 fully saturated rings. The maximum atomic E-state index is 11.8. The molecule has 3 heteroatoms. The van der Waals surface area contributed by atoms with Crippen LogP contribution in [0.5, 0.6) is 0 Å². The van der Waals surface area contributed by atoms with E-state index in [4.69, 9.17) is 4.74 Å². The van der Waals surface area contributed by atoms with E-state index in [1.807, 2.05) is 36.4 Å². The van der Waals surface area contributed by atoms with Gasteiger partial charge in [0.2, 0.25) is 0 Å². The predicted octanol–water partition coefficient (Wildman–Crippen LogP) is 2.96. The molecule has 1 unspecified atom stereocenters. The van der Waals surface area contributed by atoms with Crippen molar-refractivity contribution in [3.05, 3.63) is 84.1 Å². The Bertz CT molecular complexity index is 576. The fourth-order valence-electron chi connectivity index (χ4n) is 1.77. The van der Waals surface area contributed by atoms with Gasteiger partial charge < -0.3 is 9.84 Å². The highest BCUT2D eigenvalue weighted by molar-refractivity contribution is 5.89. The monoisotopic (exact) mass is 268 g/mol. The molecule has 3 nitrogen and oxygen atoms in total. The molecule has 0 aromatic heterocycles. The molecule has 0 radical (unpaired) electrons. The van der Waals surface area contributed by atoms with E-state index in [0.717, 1.165) is 5.56 Å². The quantitative estimate of drug-likeness (QED) is 0.670. The van der Waals surface area contributed by atoms with Crippen molar-refractivity contribution in [2.45, 2.75) is 12.5 Å². The molecule has 0 aliphatic rings. The zero-order valence-corrected chi connectivity index (χ0v) is 11.0. The van der Waals surface area contributed by atoms with Gasteiger partial charge in [-0.15, -0.1) is 0 Å². The van der Waals surface area contributed by atoms with Crippen LogP contribution in [-0.4, -0.2) is 17.2 Å². The lowest BCUT2D eigenvalue weighted by Crippen LogP contribution is -2.18. The van der Waals surface area contributed by atoms with Crippen LogP contribution in [0.2, 0.25) is 0 Å². The number of aliphatic hydroxyl groups is 1. The highest BCUT2D eigenvalue weighted by atomic mass is 16.5. The molecule has 0 heterocycles. The normalized spacial score (nSPS) is 11.7. The second-order valence-corrected chi connectivity index (χ2v) is 4.43. The Morgan fingerprint density at radius 3 is 2.20 bits per heavy atom. The molecule has 0 saturated heterocycles. The van der Waals surface area contributed by atoms with Gasteiger partial charge in [-0.3, -0.25) is 0 Å². The number of carbonyl (C=O) groups excluding carboxylic acids is 1. The highest BCUT2D eigenvalue weighted by Gasteiger charge is 2.15. The zero-order valence-electron chi connectivity index (χ0n) is 11.0. The van der Waals surface area contributed by atoms with Crippen molar-refractivity contribution in [3.63, 3.8) is 0 Å². The first-order chi connectivity index (χ1) is 9.66. The molecule has 0 aliphatic heterocycles. The van der Waals surface area contributed by atoms with Crippen LogP contribution in [-0.2, 0) is 11.2 Å². The first-order valence-corrected chi connectivity index (χ1v) is 6.35. The van der Waals surface area contributed by atoms with E-state index in [-0.39, 0.29) is 5.76 Å². The Labute approximate surface area is 118 Å². The molecule has 1 atom stereocenters. The Balaban J connectivity index is 1.93. The number of hydrogen-bond acceptors (Lipinski definition) is 3. The van der Waals surface area contributed by atoms with Gasteiger partial charge in [-0.25, -0.2) is 4.79 Å². The topological polar surface area (TPSA) is 46.5 Å². The maximum Gasteiger partial charge on any atom is 0.343 e. The number of benzene rings is 2. The number of aliphatic hydroxyl groups excluding tert-OH is 1. The minimum atomic E-state index is -0.912. The summed E-state index contributed by atoms with van der Waals surface area (Å²) in [4.78, 5) is 11.8. The molecule has 102 valence electrons. The van der Waals surface area contributed by atoms with E-state index < -0.39 is 12.1 Å². The van der Waals surface area contributed by atoms with E-state index in [2.05, 4.69) is 6.58 Å². The summed E-state index contributed by atoms with van der Waals surface area (Å²) >= 11 is 0. The molecular weight excluding hydrogens is 252 g/mol. The summed E-state index contributed by atoms with van der Waals surface area (Å²) in [6.07, 6.45) is -0.549. The summed E-state index contributed by atoms with van der Waals surface area (Å²) in [7, 11) is 0. The van der Waals surface area contributed by atoms with E-state index in [1.54, 1.807) is 24.3 Å². The van der Waals surface area contributed by atoms with Gasteiger partial charge in [0.05, 0.1) is 5.56 Å². The molecule has 0 bridgehead atoms. The molecule has 2 aromatic rings. The van der Waals surface area contributed by atoms with Gasteiger partial charge >= 0.3 is 5.97 Å². The smallest absolute Gasteiger partial charge is 0.343 e. The van der Waals surface area contributed by atoms with Crippen LogP contribution in [0, 0.1) is 0 Å². The van der Waals surface area contributed by atoms with Gasteiger partial charge in [0.15, 0.2) is 0 Å². The molecule has 0 aliphatic carbocycles. The van der Waals surface area contributed by atoms with Crippen molar-refractivity contribution in [3.8, 4) is 0 Å². The lowest BCUT2D eigenvalue weighted by Gasteiger charge is -2.14. The molecule has 0 saturated carbocycles. The van der Waals surface area contributed by atoms with Crippen LogP contribution < -0.4 is 0 Å². The van der Waals surface area contributed by atoms with Crippen molar-refractivity contribution in [1.82, 2.24) is 0 Å². The third-order valence-electron chi connectivity index (χ3n) is 2.88. The minimum Gasteiger partial charge on any atom is -0.425 e. The molecule has 0 spiro atoms. The predicted molar refractivity (Wildman–Crippen MR) is 77.2 cm³/mol. The van der Waals surface area contributed by atoms with Crippen LogP contribution >= 0.6 is 0 Å². The average molecular weight is 268 g/mol. The Hall–Kier alpha value is -2.39. The largest absolute Gasteiger partial charge is 0.425 e. The van der Waals surface area contributed by atoms with Crippen molar-refractivity contribution in [2.75, 3.05) is 0 Å². The number of carbonyl (C=O) groups is 1. The van der Waals surface area contributed by atoms with Crippen LogP contribution in [0.25, 0.3) is 0 Å². The summed E-state index contributed by atoms with van der Waals surface area (Å²) < 4.78 is 5.09. The summed E-state index contributed by atoms with van der Waals surface area (Å²) in [5.74, 6) is -0.453. The summed E-state index contributed by atoms with van der Waals surface area (Å²) in [5.41, 5.74) is 1.39. The van der Waals surface area contributed by atoms with Gasteiger partial charge in [0.25, 0.3) is 0 Å². The van der Waals surface area contributed by atoms with E-state index in [9.17, 15) is 9.90 Å². The third-order valence-corrected chi connectivity index (χ3v) is 2.88. The lowest BCUT2D eigenvalue weighted by atomic mass is 10.1. The summed E-state index contributed by atoms with van der Waals surface area (Å²) in [6.45, 7) is 3.62. The number of hydrogen-bond donors (Lipinski definition) is 1. The standard InChI is InChI=1S/C17H16O3/c1-13(16(18)12-14-8-4-2-5-9-14)20-17(19)15-10-6-3-7-11-15/h2-11,16,18H,1,12H2. The van der Waals surface area contributed by atoms with Crippen LogP contribution in [0.1, 0.15) is 15.9 Å². The van der Waals surface area contributed by atoms with Crippen molar-refractivity contribution in [2.24, 2.45) is 0 Å². The third kappa shape index (κ3) is 3.80. The van der Waals surface area contributed by atoms with Gasteiger partial charge in [-0.05, 0) is 17.7 Å². The number of rotatable bonds is 5. The maximum absolute atomic E-state index is 11.8. The Morgan fingerprint density at radius 2 is 1.60 bits per heavy atom. The van der Waals surface area contributed by atoms with Crippen molar-refractivity contribution < 1.29 is 14.6 Å². The fraction of sp³-hybridized carbons (Fsp3) is 0.118. The second-order valence-electron chi connectivity index (χ2n) is 4.43. The zero-order chi connectivity index (χ0) is 14.4. The molecule has 2 rings (SSSR count). The van der Waals surface area contributed by atoms with E-state index >= 15 is 0 Å². The van der Waals surface area contributed by atoms with Crippen LogP contribution in [0.15, 0.2) is 73.0 Å². The number of esters is 1. The van der Waals surface area contributed by atoms with Gasteiger partial charge in [-0.2, -0.15) is 0 Å². The van der Waals surface area contributed by atoms with E-state index in [0.29, 0.717) is 12.0 Å². The Kier molecular flexibility index (Phi) is 4.69. The first-order valence-electron chi connectivity index (χ1n) is 6.35. The van der Waals surface area contributed by atoms with Crippen LogP contribution in [0.4, 0.5) is 0 Å². The first kappa shape index (κ1) is 14.0. The minimum absolute atomic E-state index is 0.0581. The fourth-order valence-corrected chi connectivity index (χ4v) is 1.77. The average Bonchev–Trinajstić information content (AvgIpc) is 2.49. The van der Waals surface area contributed by atoms with Gasteiger partial charge in [-0.1, -0.05) is 55.1 Å². The second kappa shape index (κ2) is 6.68. The van der Waals surface area contributed by atoms with E-state index in [1.165, 1.54) is 0 Å². The van der Waals surface area contributed by atoms with Crippen molar-refractivity contribution in [1.29, 1.82) is 0 Å². The molecule has 1 N–H and O–H groups in total. The van der Waals surface area contributed by atoms with Gasteiger partial charge in [0.1, 0.15) is 11.9 Å². The lowest BCUT2D eigenvalue weighted by molar-refractivity contribution is 0.0506. The molecular formula is C17H16O3. The molecule has 20 heavy (non-hydrogen) atoms. The van der Waals surface area contributed by atoms with Gasteiger partial charge in [0, 0.05) is 6.42 Å². The number of ether oxygens (including phenoxy) is 1. The summed E-state index contributed by atoms with van der Waals surface area (Å²) in [6, 6.07) is 18.1. The Morgan fingerprint density at radius 1 is 1.05 bits per heavy atom. The van der Waals surface area contributed by atoms with Crippen molar-refractivity contribution >= 4 is 5.97 Å². The molecule has 0 amide bonds.